The van der Waals surface area contributed by atoms with Crippen LogP contribution in [0.25, 0.3) is 0 Å². The third-order valence-electron chi connectivity index (χ3n) is 3.57. The van der Waals surface area contributed by atoms with Crippen molar-refractivity contribution in [3.63, 3.8) is 0 Å². The molecule has 1 aliphatic rings. The molecule has 0 fully saturated rings. The van der Waals surface area contributed by atoms with E-state index in [0.29, 0.717) is 21.7 Å². The van der Waals surface area contributed by atoms with E-state index in [0.717, 1.165) is 10.5 Å². The van der Waals surface area contributed by atoms with Gasteiger partial charge >= 0.3 is 0 Å². The number of carbonyl (C=O) groups is 2. The number of hydrogen-bond acceptors (Lipinski definition) is 4. The summed E-state index contributed by atoms with van der Waals surface area (Å²) in [6, 6.07) is 14.9. The predicted octanol–water partition coefficient (Wildman–Crippen LogP) is 3.60. The summed E-state index contributed by atoms with van der Waals surface area (Å²) in [7, 11) is 1.67. The van der Waals surface area contributed by atoms with Crippen molar-refractivity contribution in [1.29, 1.82) is 0 Å². The Balaban J connectivity index is 2.06. The molecule has 0 saturated heterocycles. The van der Waals surface area contributed by atoms with Gasteiger partial charge in [0.15, 0.2) is 0 Å². The number of aryl methyl sites for hydroxylation is 1. The molecule has 1 aliphatic carbocycles. The van der Waals surface area contributed by atoms with Crippen LogP contribution in [0.2, 0.25) is 0 Å². The Kier molecular flexibility index (Phi) is 3.86. The summed E-state index contributed by atoms with van der Waals surface area (Å²) >= 11 is 1.33. The average molecular weight is 309 g/mol. The van der Waals surface area contributed by atoms with E-state index in [2.05, 4.69) is 5.32 Å². The number of hydrogen-bond donors (Lipinski definition) is 1. The Hall–Kier alpha value is -2.33. The molecule has 0 aromatic heterocycles. The van der Waals surface area contributed by atoms with Crippen molar-refractivity contribution in [2.45, 2.75) is 11.8 Å². The molecule has 0 radical (unpaired) electrons. The van der Waals surface area contributed by atoms with Crippen molar-refractivity contribution >= 4 is 23.3 Å². The molecule has 22 heavy (non-hydrogen) atoms. The highest BCUT2D eigenvalue weighted by atomic mass is 32.2. The van der Waals surface area contributed by atoms with Gasteiger partial charge < -0.3 is 5.32 Å². The first-order chi connectivity index (χ1) is 10.6. The van der Waals surface area contributed by atoms with Crippen molar-refractivity contribution in [1.82, 2.24) is 5.32 Å². The van der Waals surface area contributed by atoms with Gasteiger partial charge in [-0.15, -0.1) is 0 Å². The monoisotopic (exact) mass is 309 g/mol. The molecule has 0 bridgehead atoms. The highest BCUT2D eigenvalue weighted by Gasteiger charge is 2.31. The molecular weight excluding hydrogens is 294 g/mol. The van der Waals surface area contributed by atoms with Crippen molar-refractivity contribution in [2.24, 2.45) is 0 Å². The van der Waals surface area contributed by atoms with Crippen molar-refractivity contribution < 1.29 is 9.59 Å². The van der Waals surface area contributed by atoms with E-state index in [1.165, 1.54) is 11.8 Å². The Morgan fingerprint density at radius 3 is 2.05 bits per heavy atom. The molecule has 0 aliphatic heterocycles. The summed E-state index contributed by atoms with van der Waals surface area (Å²) in [4.78, 5) is 26.7. The summed E-state index contributed by atoms with van der Waals surface area (Å²) < 4.78 is 0. The van der Waals surface area contributed by atoms with Gasteiger partial charge in [0, 0.05) is 23.1 Å². The van der Waals surface area contributed by atoms with E-state index in [4.69, 9.17) is 0 Å². The van der Waals surface area contributed by atoms with Crippen LogP contribution in [0.5, 0.6) is 0 Å². The number of thioether (sulfide) groups is 1. The van der Waals surface area contributed by atoms with Gasteiger partial charge in [-0.1, -0.05) is 53.7 Å². The minimum absolute atomic E-state index is 0.106. The van der Waals surface area contributed by atoms with E-state index in [9.17, 15) is 9.59 Å². The molecule has 3 nitrogen and oxygen atoms in total. The van der Waals surface area contributed by atoms with Gasteiger partial charge in [0.1, 0.15) is 5.70 Å². The van der Waals surface area contributed by atoms with Crippen LogP contribution in [0.4, 0.5) is 0 Å². The third kappa shape index (κ3) is 2.46. The van der Waals surface area contributed by atoms with Crippen LogP contribution in [0, 0.1) is 6.92 Å². The number of fused-ring (bicyclic) bond motifs is 1. The second-order valence-electron chi connectivity index (χ2n) is 5.07. The molecule has 0 saturated carbocycles. The largest absolute Gasteiger partial charge is 0.384 e. The second-order valence-corrected chi connectivity index (χ2v) is 6.16. The van der Waals surface area contributed by atoms with Crippen LogP contribution < -0.4 is 5.32 Å². The van der Waals surface area contributed by atoms with Crippen LogP contribution in [0.15, 0.2) is 64.0 Å². The van der Waals surface area contributed by atoms with Crippen LogP contribution in [-0.4, -0.2) is 18.6 Å². The normalized spacial score (nSPS) is 14.1. The Morgan fingerprint density at radius 2 is 1.45 bits per heavy atom. The van der Waals surface area contributed by atoms with E-state index in [1.54, 1.807) is 31.3 Å². The number of Topliss-reactive ketones (excluding diaryl/α,β-unsaturated/α-hetero) is 2. The zero-order valence-electron chi connectivity index (χ0n) is 12.3. The smallest absolute Gasteiger partial charge is 0.210 e. The average Bonchev–Trinajstić information content (AvgIpc) is 2.55. The topological polar surface area (TPSA) is 46.2 Å². The molecule has 4 heteroatoms. The maximum atomic E-state index is 12.7. The quantitative estimate of drug-likeness (QED) is 0.941. The minimum Gasteiger partial charge on any atom is -0.384 e. The van der Waals surface area contributed by atoms with Gasteiger partial charge in [0.2, 0.25) is 11.6 Å². The van der Waals surface area contributed by atoms with Crippen LogP contribution in [0.3, 0.4) is 0 Å². The summed E-state index contributed by atoms with van der Waals surface area (Å²) in [5.74, 6) is -0.238. The zero-order chi connectivity index (χ0) is 15.7. The third-order valence-corrected chi connectivity index (χ3v) is 4.67. The number of benzene rings is 2. The van der Waals surface area contributed by atoms with Crippen molar-refractivity contribution in [3.05, 3.63) is 75.8 Å². The fraction of sp³-hybridized carbons (Fsp3) is 0.111. The number of allylic oxidation sites excluding steroid dienone is 2. The highest BCUT2D eigenvalue weighted by Crippen LogP contribution is 2.36. The van der Waals surface area contributed by atoms with Gasteiger partial charge in [-0.3, -0.25) is 9.59 Å². The maximum Gasteiger partial charge on any atom is 0.210 e. The van der Waals surface area contributed by atoms with Crippen LogP contribution in [0.1, 0.15) is 26.3 Å². The van der Waals surface area contributed by atoms with E-state index < -0.39 is 0 Å². The summed E-state index contributed by atoms with van der Waals surface area (Å²) in [6.07, 6.45) is 0. The van der Waals surface area contributed by atoms with Crippen LogP contribution in [-0.2, 0) is 0 Å². The lowest BCUT2D eigenvalue weighted by molar-refractivity contribution is 0.0976. The summed E-state index contributed by atoms with van der Waals surface area (Å²) in [5.41, 5.74) is 2.46. The lowest BCUT2D eigenvalue weighted by Gasteiger charge is -2.20. The number of nitrogens with one attached hydrogen (secondary N) is 1. The lowest BCUT2D eigenvalue weighted by atomic mass is 9.92. The number of carbonyl (C=O) groups excluding carboxylic acids is 2. The SMILES string of the molecule is CNC1=C(Sc2ccc(C)cc2)C(=O)c2ccccc2C1=O. The zero-order valence-corrected chi connectivity index (χ0v) is 13.2. The summed E-state index contributed by atoms with van der Waals surface area (Å²) in [6.45, 7) is 2.01. The fourth-order valence-electron chi connectivity index (χ4n) is 2.40. The molecule has 2 aromatic rings. The molecular formula is C18H15NO2S. The molecule has 0 atom stereocenters. The second kappa shape index (κ2) is 5.81. The van der Waals surface area contributed by atoms with E-state index in [1.807, 2.05) is 31.2 Å². The van der Waals surface area contributed by atoms with Crippen LogP contribution >= 0.6 is 11.8 Å². The number of ketones is 2. The predicted molar refractivity (Wildman–Crippen MR) is 88.2 cm³/mol. The van der Waals surface area contributed by atoms with Gasteiger partial charge in [0.05, 0.1) is 4.91 Å². The first-order valence-corrected chi connectivity index (χ1v) is 7.78. The number of rotatable bonds is 3. The molecule has 110 valence electrons. The standard InChI is InChI=1S/C18H15NO2S/c1-11-7-9-12(10-8-11)22-18-15(19-2)16(20)13-5-3-4-6-14(13)17(18)21/h3-10,19H,1-2H3. The van der Waals surface area contributed by atoms with Gasteiger partial charge in [-0.2, -0.15) is 0 Å². The number of likely N-dealkylation sites (N-methyl/N-ethyl adjacent to an activating group) is 1. The molecule has 2 aromatic carbocycles. The van der Waals surface area contributed by atoms with Crippen molar-refractivity contribution in [3.8, 4) is 0 Å². The molecule has 0 spiro atoms. The summed E-state index contributed by atoms with van der Waals surface area (Å²) in [5, 5.41) is 2.90. The first-order valence-electron chi connectivity index (χ1n) is 6.97. The van der Waals surface area contributed by atoms with Gasteiger partial charge in [-0.25, -0.2) is 0 Å². The van der Waals surface area contributed by atoms with E-state index >= 15 is 0 Å². The first kappa shape index (κ1) is 14.6. The molecule has 0 amide bonds. The minimum atomic E-state index is -0.132. The molecule has 1 N–H and O–H groups in total. The fourth-order valence-corrected chi connectivity index (χ4v) is 3.41. The highest BCUT2D eigenvalue weighted by molar-refractivity contribution is 8.04. The van der Waals surface area contributed by atoms with Crippen molar-refractivity contribution in [2.75, 3.05) is 7.05 Å². The lowest BCUT2D eigenvalue weighted by Crippen LogP contribution is -2.27. The Bertz CT molecular complexity index is 791. The molecule has 0 unspecified atom stereocenters. The Morgan fingerprint density at radius 1 is 0.864 bits per heavy atom. The Labute approximate surface area is 133 Å². The molecule has 0 heterocycles. The molecule has 3 rings (SSSR count). The van der Waals surface area contributed by atoms with Gasteiger partial charge in [-0.05, 0) is 19.1 Å². The maximum absolute atomic E-state index is 12.7. The van der Waals surface area contributed by atoms with Gasteiger partial charge in [0.25, 0.3) is 0 Å². The van der Waals surface area contributed by atoms with E-state index in [-0.39, 0.29) is 11.6 Å².